The van der Waals surface area contributed by atoms with Crippen LogP contribution in [0, 0.1) is 11.2 Å². The molecule has 1 saturated carbocycles. The van der Waals surface area contributed by atoms with Crippen molar-refractivity contribution < 1.29 is 31.8 Å². The van der Waals surface area contributed by atoms with Crippen LogP contribution in [0.4, 0.5) is 23.4 Å². The fraction of sp³-hybridized carbons (Fsp3) is 0.590. The Labute approximate surface area is 330 Å². The second kappa shape index (κ2) is 23.8. The molecule has 6 rings (SSSR count). The molecule has 4 heterocycles. The number of hydrogen-bond acceptors (Lipinski definition) is 9. The molecule has 0 bridgehead atoms. The maximum Gasteiger partial charge on any atom is 0.000733 e. The molecule has 2 aliphatic heterocycles. The molecule has 2 aromatic heterocycles. The molecule has 3 aliphatic rings. The topological polar surface area (TPSA) is 92.7 Å². The average molecular weight is 943 g/mol. The van der Waals surface area contributed by atoms with Crippen molar-refractivity contribution in [1.29, 1.82) is 0 Å². The third kappa shape index (κ3) is 13.7. The molecule has 1 unspecified atom stereocenters. The predicted octanol–water partition coefficient (Wildman–Crippen LogP) is 8.51. The Balaban J connectivity index is 0.000000960. The monoisotopic (exact) mass is 943 g/mol. The summed E-state index contributed by atoms with van der Waals surface area (Å²) in [7, 11) is 1.95. The van der Waals surface area contributed by atoms with Crippen molar-refractivity contribution in [3.8, 4) is 17.2 Å². The number of carbonyl (C=O) groups is 1. The van der Waals surface area contributed by atoms with Crippen LogP contribution in [-0.4, -0.2) is 102 Å². The summed E-state index contributed by atoms with van der Waals surface area (Å²) in [5.41, 5.74) is 2.17. The molecule has 53 heavy (non-hydrogen) atoms. The number of anilines is 1. The first-order valence-electron chi connectivity index (χ1n) is 18.5. The van der Waals surface area contributed by atoms with Gasteiger partial charge in [-0.15, -0.1) is 0 Å². The second-order valence-corrected chi connectivity index (χ2v) is 13.6. The van der Waals surface area contributed by atoms with Gasteiger partial charge < -0.3 is 14.8 Å². The van der Waals surface area contributed by atoms with E-state index in [1.807, 2.05) is 72.5 Å². The maximum absolute atomic E-state index is 13.7. The maximum atomic E-state index is 13.7. The van der Waals surface area contributed by atoms with Crippen molar-refractivity contribution in [1.82, 2.24) is 25.2 Å². The number of nitrogens with zero attached hydrogens (tertiary/aromatic N) is 5. The zero-order valence-electron chi connectivity index (χ0n) is 33.1. The van der Waals surface area contributed by atoms with Crippen LogP contribution < -0.4 is 19.7 Å². The van der Waals surface area contributed by atoms with Crippen LogP contribution in [0.3, 0.4) is 0 Å². The zero-order chi connectivity index (χ0) is 40.4. The van der Waals surface area contributed by atoms with Crippen molar-refractivity contribution in [2.75, 3.05) is 35.7 Å². The minimum absolute atomic E-state index is 0.0685. The van der Waals surface area contributed by atoms with Gasteiger partial charge >= 0.3 is 154 Å². The van der Waals surface area contributed by atoms with Gasteiger partial charge in [-0.1, -0.05) is 55.4 Å². The van der Waals surface area contributed by atoms with Crippen molar-refractivity contribution >= 4 is 38.4 Å². The third-order valence-corrected chi connectivity index (χ3v) is 10.3. The molecule has 1 aliphatic carbocycles. The largest absolute Gasteiger partial charge is 0.318 e. The van der Waals surface area contributed by atoms with Gasteiger partial charge in [-0.25, -0.2) is 14.4 Å². The standard InChI is InChI=1S/C28H28F4N5O2.C4H11N.3C2H6.CH2O.Pb/c1-17-25-21(6-8-36(17)2)34-7-5-23(25)38-20-11-27(12-20)14-37(15-27)26-24(13-33-16-35-26)39-22-4-3-19(29)9-18(22)10-28(30,31)32;1-4(2)5-3;4*1-2;/h3-5,7,9,13,16-17,20H,2,6,8,10-12,14-15H2,1H3;4-5H,1-3H3;3*1-2H3;1H2;. The number of ether oxygens (including phenoxy) is 2. The van der Waals surface area contributed by atoms with Crippen molar-refractivity contribution in [2.24, 2.45) is 5.41 Å². The first kappa shape index (κ1) is 48.1. The quantitative estimate of drug-likeness (QED) is 0.176. The van der Waals surface area contributed by atoms with Crippen LogP contribution in [-0.2, 0) is 17.6 Å². The summed E-state index contributed by atoms with van der Waals surface area (Å²) in [6.45, 7) is 23.0. The number of pyridine rings is 1. The van der Waals surface area contributed by atoms with E-state index in [4.69, 9.17) is 14.3 Å². The van der Waals surface area contributed by atoms with E-state index in [9.17, 15) is 17.6 Å². The van der Waals surface area contributed by atoms with Gasteiger partial charge in [-0.2, -0.15) is 13.2 Å². The molecule has 1 atom stereocenters. The Morgan fingerprint density at radius 3 is 2.21 bits per heavy atom. The van der Waals surface area contributed by atoms with E-state index >= 15 is 0 Å². The van der Waals surface area contributed by atoms with Crippen LogP contribution in [0.5, 0.6) is 17.2 Å². The number of nitrogens with one attached hydrogen (secondary N) is 1. The molecular weight excluding hydrogens is 884 g/mol. The minimum atomic E-state index is -4.50. The smallest absolute Gasteiger partial charge is 0.000733 e. The Bertz CT molecular complexity index is 1490. The number of aromatic nitrogens is 3. The SMILES string of the molecule is C=O.CC.CC.CC.CC1c2c(OC3CC4(C3)CN(c3ncncc3Oc3ccc(F)cc3CC(F)(F)F)C4)ccnc2CCN1[CH2][Pb].CNC(C)C. The molecule has 1 N–H and O–H groups in total. The second-order valence-electron chi connectivity index (χ2n) is 12.4. The Hall–Kier alpha value is -2.92. The van der Waals surface area contributed by atoms with Crippen LogP contribution in [0.25, 0.3) is 0 Å². The molecular formula is C39H59F4N6O3Pb. The van der Waals surface area contributed by atoms with Crippen molar-refractivity contribution in [3.05, 3.63) is 65.6 Å². The van der Waals surface area contributed by atoms with Crippen LogP contribution >= 0.6 is 0 Å². The van der Waals surface area contributed by atoms with Gasteiger partial charge in [0.2, 0.25) is 0 Å². The molecule has 3 aromatic rings. The normalized spacial score (nSPS) is 16.8. The van der Waals surface area contributed by atoms with E-state index < -0.39 is 18.4 Å². The number of hydrogen-bond donors (Lipinski definition) is 1. The summed E-state index contributed by atoms with van der Waals surface area (Å²) in [5, 5.41) is 3.03. The van der Waals surface area contributed by atoms with Crippen molar-refractivity contribution in [2.45, 2.75) is 112 Å². The molecule has 3 radical (unpaired) electrons. The molecule has 1 aromatic carbocycles. The zero-order valence-corrected chi connectivity index (χ0v) is 37.0. The number of alkyl halides is 3. The third-order valence-electron chi connectivity index (χ3n) is 8.67. The van der Waals surface area contributed by atoms with E-state index in [-0.39, 0.29) is 28.6 Å². The summed E-state index contributed by atoms with van der Waals surface area (Å²) in [6.07, 6.45) is 1.75. The number of benzene rings is 1. The molecule has 2 fully saturated rings. The van der Waals surface area contributed by atoms with E-state index in [0.29, 0.717) is 17.9 Å². The van der Waals surface area contributed by atoms with E-state index in [2.05, 4.69) is 45.9 Å². The van der Waals surface area contributed by atoms with Gasteiger partial charge in [0, 0.05) is 11.6 Å². The fourth-order valence-corrected chi connectivity index (χ4v) is 7.85. The summed E-state index contributed by atoms with van der Waals surface area (Å²) < 4.78 is 66.4. The first-order valence-corrected chi connectivity index (χ1v) is 21.2. The van der Waals surface area contributed by atoms with Gasteiger partial charge in [0.1, 0.15) is 24.7 Å². The molecule has 0 amide bonds. The van der Waals surface area contributed by atoms with Crippen LogP contribution in [0.2, 0.25) is 0 Å². The Kier molecular flexibility index (Phi) is 21.6. The summed E-state index contributed by atoms with van der Waals surface area (Å²) >= 11 is 1.13. The summed E-state index contributed by atoms with van der Waals surface area (Å²) in [5.74, 6) is 0.858. The molecule has 295 valence electrons. The fourth-order valence-electron chi connectivity index (χ4n) is 6.17. The molecule has 9 nitrogen and oxygen atoms in total. The van der Waals surface area contributed by atoms with E-state index in [0.717, 1.165) is 92.3 Å². The van der Waals surface area contributed by atoms with Gasteiger partial charge in [-0.05, 0) is 25.2 Å². The molecule has 1 saturated heterocycles. The summed E-state index contributed by atoms with van der Waals surface area (Å²) in [4.78, 5) is 25.5. The first-order chi connectivity index (χ1) is 25.4. The van der Waals surface area contributed by atoms with Crippen LogP contribution in [0.15, 0.2) is 43.0 Å². The van der Waals surface area contributed by atoms with Gasteiger partial charge in [-0.3, -0.25) is 0 Å². The number of rotatable bonds is 8. The van der Waals surface area contributed by atoms with E-state index in [1.54, 1.807) is 0 Å². The average Bonchev–Trinajstić information content (AvgIpc) is 3.13. The number of fused-ring (bicyclic) bond motifs is 1. The van der Waals surface area contributed by atoms with Gasteiger partial charge in [0.15, 0.2) is 5.75 Å². The van der Waals surface area contributed by atoms with Gasteiger partial charge in [0.25, 0.3) is 0 Å². The van der Waals surface area contributed by atoms with Gasteiger partial charge in [0.05, 0.1) is 12.6 Å². The van der Waals surface area contributed by atoms with Crippen molar-refractivity contribution in [3.63, 3.8) is 0 Å². The molecule has 1 spiro atoms. The summed E-state index contributed by atoms with van der Waals surface area (Å²) in [6, 6.07) is 6.05. The number of carbonyl (C=O) groups excluding carboxylic acids is 1. The number of halogens is 4. The Morgan fingerprint density at radius 1 is 1.02 bits per heavy atom. The minimum Gasteiger partial charge on any atom is -0.318 e. The Morgan fingerprint density at radius 2 is 1.64 bits per heavy atom. The predicted molar refractivity (Wildman–Crippen MR) is 206 cm³/mol. The van der Waals surface area contributed by atoms with Crippen LogP contribution in [0.1, 0.15) is 98.0 Å². The molecule has 14 heteroatoms. The van der Waals surface area contributed by atoms with E-state index in [1.165, 1.54) is 24.2 Å².